The van der Waals surface area contributed by atoms with E-state index in [-0.39, 0.29) is 17.9 Å². The number of carbonyl (C=O) groups excluding carboxylic acids is 1. The minimum atomic E-state index is -0.202. The Morgan fingerprint density at radius 1 is 0.968 bits per heavy atom. The van der Waals surface area contributed by atoms with Gasteiger partial charge in [-0.1, -0.05) is 57.2 Å². The average Bonchev–Trinajstić information content (AvgIpc) is 3.16. The van der Waals surface area contributed by atoms with Crippen molar-refractivity contribution in [3.05, 3.63) is 89.8 Å². The summed E-state index contributed by atoms with van der Waals surface area (Å²) in [5.41, 5.74) is 4.73. The van der Waals surface area contributed by atoms with Gasteiger partial charge in [-0.25, -0.2) is 4.98 Å². The number of fused-ring (bicyclic) bond motifs is 1. The molecule has 0 atom stereocenters. The molecule has 0 aliphatic carbocycles. The van der Waals surface area contributed by atoms with Crippen molar-refractivity contribution >= 4 is 22.7 Å². The molecule has 4 aromatic rings. The van der Waals surface area contributed by atoms with Crippen LogP contribution in [0, 0.1) is 0 Å². The molecule has 3 aromatic carbocycles. The standard InChI is InChI=1S/C26H26N2O3/c1-26(2,3)19-10-14-21(15-11-19)30-17-24(29)27-20-12-8-18(9-13-20)16-25-28-22-6-4-5-7-23(22)31-25/h4-15H,16-17H2,1-3H3,(H,27,29). The molecule has 1 amide bonds. The second kappa shape index (κ2) is 8.64. The van der Waals surface area contributed by atoms with Gasteiger partial charge in [-0.15, -0.1) is 0 Å². The Balaban J connectivity index is 1.29. The van der Waals surface area contributed by atoms with Crippen LogP contribution < -0.4 is 10.1 Å². The van der Waals surface area contributed by atoms with Crippen molar-refractivity contribution in [2.24, 2.45) is 0 Å². The van der Waals surface area contributed by atoms with Crippen molar-refractivity contribution < 1.29 is 13.9 Å². The van der Waals surface area contributed by atoms with Crippen molar-refractivity contribution in [2.45, 2.75) is 32.6 Å². The van der Waals surface area contributed by atoms with Crippen LogP contribution in [0.2, 0.25) is 0 Å². The molecule has 0 bridgehead atoms. The summed E-state index contributed by atoms with van der Waals surface area (Å²) < 4.78 is 11.4. The van der Waals surface area contributed by atoms with Gasteiger partial charge in [0.15, 0.2) is 18.1 Å². The third kappa shape index (κ3) is 5.31. The maximum absolute atomic E-state index is 12.2. The van der Waals surface area contributed by atoms with Gasteiger partial charge in [-0.2, -0.15) is 0 Å². The molecule has 5 heteroatoms. The van der Waals surface area contributed by atoms with E-state index in [1.54, 1.807) is 0 Å². The number of hydrogen-bond acceptors (Lipinski definition) is 4. The summed E-state index contributed by atoms with van der Waals surface area (Å²) in [4.78, 5) is 16.7. The molecule has 1 N–H and O–H groups in total. The number of aromatic nitrogens is 1. The first kappa shape index (κ1) is 20.7. The lowest BCUT2D eigenvalue weighted by Crippen LogP contribution is -2.20. The highest BCUT2D eigenvalue weighted by atomic mass is 16.5. The first-order chi connectivity index (χ1) is 14.9. The average molecular weight is 415 g/mol. The van der Waals surface area contributed by atoms with Gasteiger partial charge in [0.25, 0.3) is 5.91 Å². The van der Waals surface area contributed by atoms with Gasteiger partial charge >= 0.3 is 0 Å². The third-order valence-electron chi connectivity index (χ3n) is 5.02. The zero-order chi connectivity index (χ0) is 21.8. The molecule has 31 heavy (non-hydrogen) atoms. The highest BCUT2D eigenvalue weighted by Gasteiger charge is 2.13. The lowest BCUT2D eigenvalue weighted by Gasteiger charge is -2.19. The maximum Gasteiger partial charge on any atom is 0.262 e. The van der Waals surface area contributed by atoms with Crippen LogP contribution in [0.1, 0.15) is 37.8 Å². The molecule has 0 fully saturated rings. The SMILES string of the molecule is CC(C)(C)c1ccc(OCC(=O)Nc2ccc(Cc3nc4ccccc4o3)cc2)cc1. The van der Waals surface area contributed by atoms with Gasteiger partial charge in [-0.05, 0) is 52.9 Å². The van der Waals surface area contributed by atoms with E-state index < -0.39 is 0 Å². The second-order valence-corrected chi connectivity index (χ2v) is 8.56. The van der Waals surface area contributed by atoms with E-state index >= 15 is 0 Å². The van der Waals surface area contributed by atoms with E-state index in [1.807, 2.05) is 72.8 Å². The monoisotopic (exact) mass is 414 g/mol. The Labute approximate surface area is 182 Å². The fourth-order valence-electron chi connectivity index (χ4n) is 3.27. The van der Waals surface area contributed by atoms with Crippen molar-refractivity contribution in [1.82, 2.24) is 4.98 Å². The lowest BCUT2D eigenvalue weighted by atomic mass is 9.87. The number of anilines is 1. The number of hydrogen-bond donors (Lipinski definition) is 1. The van der Waals surface area contributed by atoms with Gasteiger partial charge in [-0.3, -0.25) is 4.79 Å². The van der Waals surface area contributed by atoms with Gasteiger partial charge in [0, 0.05) is 12.1 Å². The summed E-state index contributed by atoms with van der Waals surface area (Å²) in [6.07, 6.45) is 0.594. The number of rotatable bonds is 6. The molecular formula is C26H26N2O3. The molecule has 0 saturated heterocycles. The van der Waals surface area contributed by atoms with Gasteiger partial charge in [0.2, 0.25) is 0 Å². The van der Waals surface area contributed by atoms with Crippen LogP contribution in [0.4, 0.5) is 5.69 Å². The summed E-state index contributed by atoms with van der Waals surface area (Å²) >= 11 is 0. The topological polar surface area (TPSA) is 64.4 Å². The Bertz CT molecular complexity index is 1140. The summed E-state index contributed by atoms with van der Waals surface area (Å²) in [6.45, 7) is 6.44. The number of nitrogens with one attached hydrogen (secondary N) is 1. The van der Waals surface area contributed by atoms with E-state index in [1.165, 1.54) is 5.56 Å². The van der Waals surface area contributed by atoms with Crippen LogP contribution in [0.3, 0.4) is 0 Å². The molecule has 158 valence electrons. The largest absolute Gasteiger partial charge is 0.484 e. The number of carbonyl (C=O) groups is 1. The number of para-hydroxylation sites is 2. The predicted molar refractivity (Wildman–Crippen MR) is 123 cm³/mol. The lowest BCUT2D eigenvalue weighted by molar-refractivity contribution is -0.118. The zero-order valence-corrected chi connectivity index (χ0v) is 18.0. The molecule has 1 aromatic heterocycles. The number of oxazole rings is 1. The minimum Gasteiger partial charge on any atom is -0.484 e. The molecule has 0 radical (unpaired) electrons. The molecular weight excluding hydrogens is 388 g/mol. The van der Waals surface area contributed by atoms with Gasteiger partial charge in [0.1, 0.15) is 11.3 Å². The van der Waals surface area contributed by atoms with Crippen LogP contribution in [0.5, 0.6) is 5.75 Å². The van der Waals surface area contributed by atoms with E-state index in [0.29, 0.717) is 18.1 Å². The molecule has 1 heterocycles. The van der Waals surface area contributed by atoms with Gasteiger partial charge in [0.05, 0.1) is 0 Å². The van der Waals surface area contributed by atoms with E-state index in [4.69, 9.17) is 9.15 Å². The van der Waals surface area contributed by atoms with Crippen LogP contribution in [0.25, 0.3) is 11.1 Å². The first-order valence-corrected chi connectivity index (χ1v) is 10.3. The van der Waals surface area contributed by atoms with E-state index in [2.05, 4.69) is 31.1 Å². The van der Waals surface area contributed by atoms with Crippen LogP contribution in [-0.2, 0) is 16.6 Å². The maximum atomic E-state index is 12.2. The highest BCUT2D eigenvalue weighted by Crippen LogP contribution is 2.24. The molecule has 5 nitrogen and oxygen atoms in total. The quantitative estimate of drug-likeness (QED) is 0.437. The van der Waals surface area contributed by atoms with Crippen LogP contribution in [0.15, 0.2) is 77.2 Å². The summed E-state index contributed by atoms with van der Waals surface area (Å²) in [5.74, 6) is 1.15. The fourth-order valence-corrected chi connectivity index (χ4v) is 3.27. The first-order valence-electron chi connectivity index (χ1n) is 10.3. The highest BCUT2D eigenvalue weighted by molar-refractivity contribution is 5.91. The number of benzene rings is 3. The Hall–Kier alpha value is -3.60. The summed E-state index contributed by atoms with van der Waals surface area (Å²) in [5, 5.41) is 2.86. The minimum absolute atomic E-state index is 0.0421. The third-order valence-corrected chi connectivity index (χ3v) is 5.02. The second-order valence-electron chi connectivity index (χ2n) is 8.56. The van der Waals surface area contributed by atoms with E-state index in [9.17, 15) is 4.79 Å². The van der Waals surface area contributed by atoms with E-state index in [0.717, 1.165) is 22.4 Å². The summed E-state index contributed by atoms with van der Waals surface area (Å²) in [6, 6.07) is 23.2. The normalized spacial score (nSPS) is 11.5. The van der Waals surface area contributed by atoms with Crippen molar-refractivity contribution in [1.29, 1.82) is 0 Å². The fraction of sp³-hybridized carbons (Fsp3) is 0.231. The summed E-state index contributed by atoms with van der Waals surface area (Å²) in [7, 11) is 0. The Morgan fingerprint density at radius 2 is 1.68 bits per heavy atom. The molecule has 0 spiro atoms. The molecule has 0 aliphatic heterocycles. The van der Waals surface area contributed by atoms with Crippen molar-refractivity contribution in [2.75, 3.05) is 11.9 Å². The molecule has 0 aliphatic rings. The van der Waals surface area contributed by atoms with Gasteiger partial charge < -0.3 is 14.5 Å². The molecule has 0 saturated carbocycles. The smallest absolute Gasteiger partial charge is 0.262 e. The Morgan fingerprint density at radius 3 is 2.35 bits per heavy atom. The van der Waals surface area contributed by atoms with Crippen LogP contribution in [-0.4, -0.2) is 17.5 Å². The molecule has 4 rings (SSSR count). The number of ether oxygens (including phenoxy) is 1. The van der Waals surface area contributed by atoms with Crippen LogP contribution >= 0.6 is 0 Å². The predicted octanol–water partition coefficient (Wildman–Crippen LogP) is 5.73. The van der Waals surface area contributed by atoms with Crippen molar-refractivity contribution in [3.8, 4) is 5.75 Å². The molecule has 0 unspecified atom stereocenters. The zero-order valence-electron chi connectivity index (χ0n) is 18.0. The van der Waals surface area contributed by atoms with Crippen molar-refractivity contribution in [3.63, 3.8) is 0 Å². The Kier molecular flexibility index (Phi) is 5.76. The number of amides is 1. The number of nitrogens with zero attached hydrogens (tertiary/aromatic N) is 1.